The largest absolute Gasteiger partial charge is 0.491 e. The lowest BCUT2D eigenvalue weighted by Crippen LogP contribution is -2.11. The lowest BCUT2D eigenvalue weighted by molar-refractivity contribution is -0.111. The van der Waals surface area contributed by atoms with E-state index in [-0.39, 0.29) is 5.91 Å². The van der Waals surface area contributed by atoms with Gasteiger partial charge in [-0.15, -0.1) is 0 Å². The van der Waals surface area contributed by atoms with Crippen molar-refractivity contribution < 1.29 is 19.0 Å². The molecule has 198 valence electrons. The Morgan fingerprint density at radius 3 is 2.53 bits per heavy atom. The van der Waals surface area contributed by atoms with Crippen molar-refractivity contribution in [3.8, 4) is 5.75 Å². The van der Waals surface area contributed by atoms with E-state index in [1.807, 2.05) is 43.3 Å². The maximum Gasteiger partial charge on any atom is 0.247 e. The van der Waals surface area contributed by atoms with E-state index in [0.29, 0.717) is 62.8 Å². The molecule has 0 fully saturated rings. The maximum atomic E-state index is 11.6. The molecular formula is C26H30N8O4. The summed E-state index contributed by atoms with van der Waals surface area (Å²) in [4.78, 5) is 23.2. The first-order valence-electron chi connectivity index (χ1n) is 11.9. The molecule has 0 saturated carbocycles. The van der Waals surface area contributed by atoms with Crippen molar-refractivity contribution in [1.82, 2.24) is 9.97 Å². The van der Waals surface area contributed by atoms with Gasteiger partial charge < -0.3 is 30.2 Å². The molecule has 3 N–H and O–H groups in total. The first-order valence-corrected chi connectivity index (χ1v) is 11.9. The standard InChI is InChI=1S/C26H30N8O4/c1-3-24(35)30-20-6-4-7-21(16-20)31-25-19(2)18-28-26(33-25)32-22-8-5-9-23(17-22)38-15-14-37-13-12-36-11-10-29-34-27/h3-9,16-18H,1,10-15H2,2H3,(H,30,35)(H2,28,31,32,33). The summed E-state index contributed by atoms with van der Waals surface area (Å²) in [5.74, 6) is 1.43. The number of nitrogens with one attached hydrogen (secondary N) is 3. The topological polar surface area (TPSA) is 155 Å². The molecule has 0 bridgehead atoms. The van der Waals surface area contributed by atoms with Crippen molar-refractivity contribution in [2.24, 2.45) is 5.11 Å². The number of carbonyl (C=O) groups is 1. The molecule has 0 atom stereocenters. The second kappa shape index (κ2) is 15.5. The van der Waals surface area contributed by atoms with Gasteiger partial charge in [-0.25, -0.2) is 4.98 Å². The van der Waals surface area contributed by atoms with E-state index >= 15 is 0 Å². The van der Waals surface area contributed by atoms with E-state index in [1.54, 1.807) is 18.3 Å². The molecule has 38 heavy (non-hydrogen) atoms. The van der Waals surface area contributed by atoms with Crippen molar-refractivity contribution in [3.05, 3.63) is 83.4 Å². The van der Waals surface area contributed by atoms with Crippen molar-refractivity contribution in [2.45, 2.75) is 6.92 Å². The van der Waals surface area contributed by atoms with Crippen molar-refractivity contribution in [1.29, 1.82) is 0 Å². The summed E-state index contributed by atoms with van der Waals surface area (Å²) < 4.78 is 16.5. The van der Waals surface area contributed by atoms with Crippen LogP contribution < -0.4 is 20.7 Å². The van der Waals surface area contributed by atoms with Crippen LogP contribution in [0.15, 0.2) is 72.5 Å². The summed E-state index contributed by atoms with van der Waals surface area (Å²) in [6.45, 7) is 7.68. The molecule has 0 aliphatic heterocycles. The second-order valence-corrected chi connectivity index (χ2v) is 7.80. The van der Waals surface area contributed by atoms with Gasteiger partial charge in [0.25, 0.3) is 0 Å². The molecule has 1 amide bonds. The Labute approximate surface area is 220 Å². The predicted molar refractivity (Wildman–Crippen MR) is 146 cm³/mol. The Bertz CT molecular complexity index is 1260. The highest BCUT2D eigenvalue weighted by Crippen LogP contribution is 2.24. The van der Waals surface area contributed by atoms with Gasteiger partial charge in [0, 0.05) is 46.3 Å². The van der Waals surface area contributed by atoms with Gasteiger partial charge in [0.2, 0.25) is 11.9 Å². The van der Waals surface area contributed by atoms with E-state index in [9.17, 15) is 4.79 Å². The van der Waals surface area contributed by atoms with Crippen LogP contribution in [0.4, 0.5) is 28.8 Å². The second-order valence-electron chi connectivity index (χ2n) is 7.80. The van der Waals surface area contributed by atoms with Gasteiger partial charge in [-0.2, -0.15) is 4.98 Å². The normalized spacial score (nSPS) is 10.2. The molecule has 0 saturated heterocycles. The zero-order valence-corrected chi connectivity index (χ0v) is 21.1. The summed E-state index contributed by atoms with van der Waals surface area (Å²) in [5.41, 5.74) is 11.2. The fourth-order valence-corrected chi connectivity index (χ4v) is 3.12. The third-order valence-electron chi connectivity index (χ3n) is 4.91. The third kappa shape index (κ3) is 9.78. The SMILES string of the molecule is C=CC(=O)Nc1cccc(Nc2nc(Nc3cccc(OCCOCCOCCN=[N+]=[N-])c3)ncc2C)c1. The minimum absolute atomic E-state index is 0.282. The van der Waals surface area contributed by atoms with Crippen molar-refractivity contribution >= 4 is 34.7 Å². The lowest BCUT2D eigenvalue weighted by Gasteiger charge is -2.13. The third-order valence-corrected chi connectivity index (χ3v) is 4.91. The highest BCUT2D eigenvalue weighted by Gasteiger charge is 2.07. The number of aromatic nitrogens is 2. The quantitative estimate of drug-likeness (QED) is 0.0776. The average Bonchev–Trinajstić information content (AvgIpc) is 2.92. The molecular weight excluding hydrogens is 488 g/mol. The zero-order valence-electron chi connectivity index (χ0n) is 21.1. The summed E-state index contributed by atoms with van der Waals surface area (Å²) in [5, 5.41) is 12.6. The van der Waals surface area contributed by atoms with Crippen LogP contribution in [0.2, 0.25) is 0 Å². The van der Waals surface area contributed by atoms with E-state index in [2.05, 4.69) is 42.5 Å². The van der Waals surface area contributed by atoms with Gasteiger partial charge >= 0.3 is 0 Å². The number of hydrogen-bond acceptors (Lipinski definition) is 9. The summed E-state index contributed by atoms with van der Waals surface area (Å²) in [6.07, 6.45) is 2.94. The molecule has 0 aliphatic rings. The Kier molecular flexibility index (Phi) is 11.4. The number of nitrogens with zero attached hydrogens (tertiary/aromatic N) is 5. The van der Waals surface area contributed by atoms with E-state index in [1.165, 1.54) is 6.08 Å². The monoisotopic (exact) mass is 518 g/mol. The van der Waals surface area contributed by atoms with E-state index in [4.69, 9.17) is 19.7 Å². The van der Waals surface area contributed by atoms with Gasteiger partial charge in [0.1, 0.15) is 18.2 Å². The summed E-state index contributed by atoms with van der Waals surface area (Å²) >= 11 is 0. The highest BCUT2D eigenvalue weighted by molar-refractivity contribution is 5.99. The Morgan fingerprint density at radius 1 is 1.03 bits per heavy atom. The Hall–Kier alpha value is -4.64. The number of carbonyl (C=O) groups excluding carboxylic acids is 1. The average molecular weight is 519 g/mol. The summed E-state index contributed by atoms with van der Waals surface area (Å²) in [7, 11) is 0. The van der Waals surface area contributed by atoms with Crippen LogP contribution in [0, 0.1) is 6.92 Å². The molecule has 0 radical (unpaired) electrons. The van der Waals surface area contributed by atoms with Crippen LogP contribution in [-0.4, -0.2) is 55.5 Å². The number of anilines is 5. The number of rotatable bonds is 16. The molecule has 12 nitrogen and oxygen atoms in total. The minimum Gasteiger partial charge on any atom is -0.491 e. The molecule has 2 aromatic carbocycles. The zero-order chi connectivity index (χ0) is 27.0. The molecule has 0 unspecified atom stereocenters. The molecule has 0 aliphatic carbocycles. The van der Waals surface area contributed by atoms with Crippen LogP contribution in [0.25, 0.3) is 10.4 Å². The van der Waals surface area contributed by atoms with Gasteiger partial charge in [0.05, 0.1) is 26.4 Å². The van der Waals surface area contributed by atoms with Crippen molar-refractivity contribution in [2.75, 3.05) is 55.5 Å². The van der Waals surface area contributed by atoms with E-state index < -0.39 is 0 Å². The van der Waals surface area contributed by atoms with E-state index in [0.717, 1.165) is 16.9 Å². The molecule has 1 heterocycles. The fourth-order valence-electron chi connectivity index (χ4n) is 3.12. The first kappa shape index (κ1) is 27.9. The van der Waals surface area contributed by atoms with Crippen LogP contribution in [0.3, 0.4) is 0 Å². The van der Waals surface area contributed by atoms with Crippen LogP contribution in [0.1, 0.15) is 5.56 Å². The molecule has 1 aromatic heterocycles. The number of aryl methyl sites for hydroxylation is 1. The molecule has 12 heteroatoms. The fraction of sp³-hybridized carbons (Fsp3) is 0.269. The number of ether oxygens (including phenoxy) is 3. The predicted octanol–water partition coefficient (Wildman–Crippen LogP) is 5.12. The Balaban J connectivity index is 1.50. The maximum absolute atomic E-state index is 11.6. The smallest absolute Gasteiger partial charge is 0.247 e. The van der Waals surface area contributed by atoms with Gasteiger partial charge in [-0.3, -0.25) is 4.79 Å². The number of amides is 1. The van der Waals surface area contributed by atoms with Gasteiger partial charge in [-0.1, -0.05) is 23.8 Å². The first-order chi connectivity index (χ1) is 18.6. The number of hydrogen-bond donors (Lipinski definition) is 3. The minimum atomic E-state index is -0.282. The lowest BCUT2D eigenvalue weighted by atomic mass is 10.2. The Morgan fingerprint density at radius 2 is 1.74 bits per heavy atom. The number of benzene rings is 2. The van der Waals surface area contributed by atoms with Crippen LogP contribution in [-0.2, 0) is 14.3 Å². The van der Waals surface area contributed by atoms with Crippen LogP contribution >= 0.6 is 0 Å². The van der Waals surface area contributed by atoms with Gasteiger partial charge in [0.15, 0.2) is 0 Å². The highest BCUT2D eigenvalue weighted by atomic mass is 16.5. The molecule has 3 aromatic rings. The van der Waals surface area contributed by atoms with Gasteiger partial charge in [-0.05, 0) is 48.9 Å². The number of azide groups is 1. The summed E-state index contributed by atoms with van der Waals surface area (Å²) in [6, 6.07) is 14.8. The van der Waals surface area contributed by atoms with Crippen molar-refractivity contribution in [3.63, 3.8) is 0 Å². The molecule has 0 spiro atoms. The van der Waals surface area contributed by atoms with Crippen LogP contribution in [0.5, 0.6) is 5.75 Å². The molecule has 3 rings (SSSR count).